The number of benzene rings is 1. The SMILES string of the molecule is Cc1nc2cccc(C#CSI)c2n1C(C)C. The van der Waals surface area contributed by atoms with Crippen molar-refractivity contribution in [1.29, 1.82) is 0 Å². The molecule has 0 radical (unpaired) electrons. The van der Waals surface area contributed by atoms with Gasteiger partial charge in [-0.2, -0.15) is 0 Å². The van der Waals surface area contributed by atoms with Crippen LogP contribution in [0.25, 0.3) is 11.0 Å². The number of rotatable bonds is 1. The van der Waals surface area contributed by atoms with E-state index < -0.39 is 0 Å². The molecule has 0 amide bonds. The molecule has 0 aliphatic heterocycles. The lowest BCUT2D eigenvalue weighted by Crippen LogP contribution is -2.03. The van der Waals surface area contributed by atoms with Gasteiger partial charge in [0.2, 0.25) is 0 Å². The predicted molar refractivity (Wildman–Crippen MR) is 83.3 cm³/mol. The highest BCUT2D eigenvalue weighted by molar-refractivity contribution is 14.2. The van der Waals surface area contributed by atoms with Crippen LogP contribution in [0, 0.1) is 18.1 Å². The van der Waals surface area contributed by atoms with Gasteiger partial charge in [-0.1, -0.05) is 12.0 Å². The molecular weight excluding hydrogens is 343 g/mol. The maximum absolute atomic E-state index is 4.59. The number of halogens is 1. The highest BCUT2D eigenvalue weighted by atomic mass is 127. The highest BCUT2D eigenvalue weighted by Gasteiger charge is 2.12. The van der Waals surface area contributed by atoms with E-state index in [4.69, 9.17) is 0 Å². The minimum absolute atomic E-state index is 0.398. The minimum Gasteiger partial charge on any atom is -0.325 e. The number of imidazole rings is 1. The Bertz CT molecular complexity index is 605. The summed E-state index contributed by atoms with van der Waals surface area (Å²) in [6.45, 7) is 6.39. The van der Waals surface area contributed by atoms with Gasteiger partial charge in [0, 0.05) is 27.2 Å². The summed E-state index contributed by atoms with van der Waals surface area (Å²) in [7, 11) is 1.51. The molecule has 0 N–H and O–H groups in total. The van der Waals surface area contributed by atoms with Crippen molar-refractivity contribution < 1.29 is 0 Å². The zero-order chi connectivity index (χ0) is 12.4. The van der Waals surface area contributed by atoms with Gasteiger partial charge in [0.1, 0.15) is 5.82 Å². The minimum atomic E-state index is 0.398. The third-order valence-electron chi connectivity index (χ3n) is 2.63. The molecule has 2 aromatic rings. The molecule has 2 rings (SSSR count). The van der Waals surface area contributed by atoms with Crippen LogP contribution in [-0.2, 0) is 0 Å². The van der Waals surface area contributed by atoms with Crippen LogP contribution in [0.15, 0.2) is 18.2 Å². The van der Waals surface area contributed by atoms with E-state index in [2.05, 4.69) is 61.8 Å². The Hall–Kier alpha value is -0.670. The third kappa shape index (κ3) is 2.45. The van der Waals surface area contributed by atoms with E-state index >= 15 is 0 Å². The monoisotopic (exact) mass is 356 g/mol. The fraction of sp³-hybridized carbons (Fsp3) is 0.308. The topological polar surface area (TPSA) is 17.8 Å². The lowest BCUT2D eigenvalue weighted by molar-refractivity contribution is 0.599. The molecule has 0 spiro atoms. The van der Waals surface area contributed by atoms with Crippen molar-refractivity contribution in [2.75, 3.05) is 0 Å². The molecule has 0 bridgehead atoms. The van der Waals surface area contributed by atoms with Crippen molar-refractivity contribution in [3.05, 3.63) is 29.6 Å². The molecular formula is C13H13IN2S. The summed E-state index contributed by atoms with van der Waals surface area (Å²) in [4.78, 5) is 4.59. The van der Waals surface area contributed by atoms with Crippen molar-refractivity contribution in [2.24, 2.45) is 0 Å². The van der Waals surface area contributed by atoms with Crippen LogP contribution in [0.3, 0.4) is 0 Å². The maximum Gasteiger partial charge on any atom is 0.106 e. The van der Waals surface area contributed by atoms with E-state index in [1.165, 1.54) is 8.93 Å². The molecule has 0 fully saturated rings. The molecule has 1 heterocycles. The Morgan fingerprint density at radius 3 is 2.82 bits per heavy atom. The van der Waals surface area contributed by atoms with Crippen molar-refractivity contribution in [3.8, 4) is 11.2 Å². The Kier molecular flexibility index (Phi) is 4.00. The first-order chi connectivity index (χ1) is 8.15. The lowest BCUT2D eigenvalue weighted by atomic mass is 10.2. The fourth-order valence-electron chi connectivity index (χ4n) is 2.07. The van der Waals surface area contributed by atoms with Crippen LogP contribution in [0.1, 0.15) is 31.3 Å². The number of hydrogen-bond acceptors (Lipinski definition) is 2. The Morgan fingerprint density at radius 2 is 2.18 bits per heavy atom. The first-order valence-electron chi connectivity index (χ1n) is 5.41. The number of aryl methyl sites for hydroxylation is 1. The predicted octanol–water partition coefficient (Wildman–Crippen LogP) is 4.32. The van der Waals surface area contributed by atoms with Crippen molar-refractivity contribution in [3.63, 3.8) is 0 Å². The average molecular weight is 356 g/mol. The molecule has 88 valence electrons. The maximum atomic E-state index is 4.59. The van der Waals surface area contributed by atoms with E-state index in [1.54, 1.807) is 0 Å². The quantitative estimate of drug-likeness (QED) is 0.560. The highest BCUT2D eigenvalue weighted by Crippen LogP contribution is 2.24. The van der Waals surface area contributed by atoms with Gasteiger partial charge in [0.15, 0.2) is 0 Å². The second kappa shape index (κ2) is 5.32. The zero-order valence-electron chi connectivity index (χ0n) is 9.99. The number of nitrogens with zero attached hydrogens (tertiary/aromatic N) is 2. The van der Waals surface area contributed by atoms with Crippen LogP contribution in [-0.4, -0.2) is 9.55 Å². The van der Waals surface area contributed by atoms with Gasteiger partial charge in [0.05, 0.1) is 16.6 Å². The molecule has 0 atom stereocenters. The molecule has 0 aliphatic carbocycles. The van der Waals surface area contributed by atoms with Crippen LogP contribution in [0.5, 0.6) is 0 Å². The molecule has 0 aliphatic rings. The lowest BCUT2D eigenvalue weighted by Gasteiger charge is -2.11. The summed E-state index contributed by atoms with van der Waals surface area (Å²) in [5.41, 5.74) is 3.24. The number of hydrogen-bond donors (Lipinski definition) is 0. The summed E-state index contributed by atoms with van der Waals surface area (Å²) in [6, 6.07) is 6.52. The molecule has 17 heavy (non-hydrogen) atoms. The van der Waals surface area contributed by atoms with Crippen molar-refractivity contribution >= 4 is 41.2 Å². The van der Waals surface area contributed by atoms with E-state index in [0.717, 1.165) is 22.4 Å². The molecule has 2 nitrogen and oxygen atoms in total. The standard InChI is InChI=1S/C13H13IN2S/c1-9(2)16-10(3)15-12-6-4-5-11(13(12)16)7-8-17-14/h4-6,9H,1-3H3. The van der Waals surface area contributed by atoms with E-state index in [0.29, 0.717) is 6.04 Å². The van der Waals surface area contributed by atoms with Gasteiger partial charge >= 0.3 is 0 Å². The zero-order valence-corrected chi connectivity index (χ0v) is 13.0. The molecule has 1 aromatic heterocycles. The van der Waals surface area contributed by atoms with Crippen LogP contribution >= 0.6 is 30.1 Å². The largest absolute Gasteiger partial charge is 0.325 e. The van der Waals surface area contributed by atoms with Gasteiger partial charge in [-0.15, -0.1) is 0 Å². The first-order valence-corrected chi connectivity index (χ1v) is 8.77. The molecule has 1 aromatic carbocycles. The smallest absolute Gasteiger partial charge is 0.106 e. The Morgan fingerprint density at radius 1 is 1.41 bits per heavy atom. The molecule has 0 saturated heterocycles. The second-order valence-corrected chi connectivity index (χ2v) is 5.78. The van der Waals surface area contributed by atoms with Gasteiger partial charge in [-0.25, -0.2) is 4.98 Å². The summed E-state index contributed by atoms with van der Waals surface area (Å²) < 4.78 is 2.25. The normalized spacial score (nSPS) is 10.6. The van der Waals surface area contributed by atoms with Gasteiger partial charge in [-0.3, -0.25) is 0 Å². The molecule has 0 unspecified atom stereocenters. The van der Waals surface area contributed by atoms with E-state index in [-0.39, 0.29) is 0 Å². The van der Waals surface area contributed by atoms with E-state index in [1.807, 2.05) is 19.1 Å². The number of para-hydroxylation sites is 1. The van der Waals surface area contributed by atoms with Gasteiger partial charge in [-0.05, 0) is 47.1 Å². The van der Waals surface area contributed by atoms with Crippen molar-refractivity contribution in [1.82, 2.24) is 9.55 Å². The summed E-state index contributed by atoms with van der Waals surface area (Å²) >= 11 is 2.19. The van der Waals surface area contributed by atoms with Crippen LogP contribution in [0.2, 0.25) is 0 Å². The van der Waals surface area contributed by atoms with Gasteiger partial charge in [0.25, 0.3) is 0 Å². The summed E-state index contributed by atoms with van der Waals surface area (Å²) in [6.07, 6.45) is 0. The summed E-state index contributed by atoms with van der Waals surface area (Å²) in [5.74, 6) is 4.24. The molecule has 0 saturated carbocycles. The third-order valence-corrected chi connectivity index (χ3v) is 3.47. The van der Waals surface area contributed by atoms with Gasteiger partial charge < -0.3 is 4.57 Å². The number of fused-ring (bicyclic) bond motifs is 1. The van der Waals surface area contributed by atoms with Crippen LogP contribution in [0.4, 0.5) is 0 Å². The Labute approximate surface area is 118 Å². The van der Waals surface area contributed by atoms with Crippen LogP contribution < -0.4 is 0 Å². The number of aromatic nitrogens is 2. The fourth-order valence-corrected chi connectivity index (χ4v) is 2.55. The van der Waals surface area contributed by atoms with Crippen molar-refractivity contribution in [2.45, 2.75) is 26.8 Å². The van der Waals surface area contributed by atoms with E-state index in [9.17, 15) is 0 Å². The average Bonchev–Trinajstić information content (AvgIpc) is 2.62. The second-order valence-electron chi connectivity index (χ2n) is 4.10. The first kappa shape index (κ1) is 12.8. The Balaban J connectivity index is 2.76. The molecule has 4 heteroatoms. The summed E-state index contributed by atoms with van der Waals surface area (Å²) in [5, 5.41) is 3.04.